The quantitative estimate of drug-likeness (QED) is 0.555. The molecule has 26 heavy (non-hydrogen) atoms. The van der Waals surface area contributed by atoms with E-state index in [1.807, 2.05) is 12.1 Å². The zero-order valence-corrected chi connectivity index (χ0v) is 14.2. The number of anilines is 4. The average Bonchev–Trinajstić information content (AvgIpc) is 3.16. The highest BCUT2D eigenvalue weighted by Gasteiger charge is 2.11. The molecule has 0 aliphatic heterocycles. The maximum atomic E-state index is 11.8. The normalized spacial score (nSPS) is 10.3. The van der Waals surface area contributed by atoms with Crippen molar-refractivity contribution in [1.82, 2.24) is 9.97 Å². The van der Waals surface area contributed by atoms with Gasteiger partial charge in [-0.1, -0.05) is 6.07 Å². The van der Waals surface area contributed by atoms with Crippen molar-refractivity contribution in [3.63, 3.8) is 0 Å². The van der Waals surface area contributed by atoms with Crippen molar-refractivity contribution in [3.8, 4) is 0 Å². The maximum absolute atomic E-state index is 11.8. The van der Waals surface area contributed by atoms with Gasteiger partial charge in [-0.3, -0.25) is 0 Å². The lowest BCUT2D eigenvalue weighted by atomic mass is 10.2. The molecule has 0 radical (unpaired) electrons. The lowest BCUT2D eigenvalue weighted by molar-refractivity contribution is 0.0526. The topological polar surface area (TPSA) is 115 Å². The molecule has 0 fully saturated rings. The van der Waals surface area contributed by atoms with E-state index in [0.717, 1.165) is 5.76 Å². The fourth-order valence-corrected chi connectivity index (χ4v) is 2.30. The molecular weight excluding hydrogens is 334 g/mol. The van der Waals surface area contributed by atoms with Gasteiger partial charge in [0.1, 0.15) is 17.8 Å². The van der Waals surface area contributed by atoms with Gasteiger partial charge in [0.25, 0.3) is 0 Å². The van der Waals surface area contributed by atoms with Gasteiger partial charge in [-0.15, -0.1) is 0 Å². The highest BCUT2D eigenvalue weighted by Crippen LogP contribution is 2.26. The van der Waals surface area contributed by atoms with Crippen LogP contribution in [0.4, 0.5) is 23.0 Å². The van der Waals surface area contributed by atoms with Crippen LogP contribution in [0.1, 0.15) is 23.0 Å². The SMILES string of the molecule is CCOC(=O)c1cccc(Nc2ncnc(NCc3ccco3)c2N)c1. The summed E-state index contributed by atoms with van der Waals surface area (Å²) in [5.41, 5.74) is 7.62. The third-order valence-electron chi connectivity index (χ3n) is 3.53. The van der Waals surface area contributed by atoms with Crippen LogP contribution in [0.3, 0.4) is 0 Å². The summed E-state index contributed by atoms with van der Waals surface area (Å²) in [7, 11) is 0. The Bertz CT molecular complexity index is 880. The Morgan fingerprint density at radius 1 is 1.23 bits per heavy atom. The summed E-state index contributed by atoms with van der Waals surface area (Å²) in [6.45, 7) is 2.53. The zero-order chi connectivity index (χ0) is 18.4. The van der Waals surface area contributed by atoms with Gasteiger partial charge in [-0.2, -0.15) is 0 Å². The molecule has 8 nitrogen and oxygen atoms in total. The van der Waals surface area contributed by atoms with Crippen LogP contribution in [0, 0.1) is 0 Å². The minimum absolute atomic E-state index is 0.319. The van der Waals surface area contributed by atoms with E-state index in [0.29, 0.717) is 41.7 Å². The number of aromatic nitrogens is 2. The standard InChI is InChI=1S/C18H19N5O3/c1-2-25-18(24)12-5-3-6-13(9-12)23-17-15(19)16(21-11-22-17)20-10-14-7-4-8-26-14/h3-9,11H,2,10,19H2,1H3,(H2,20,21,22,23). The molecule has 3 aromatic rings. The number of nitrogens with zero attached hydrogens (tertiary/aromatic N) is 2. The number of benzene rings is 1. The number of rotatable bonds is 7. The largest absolute Gasteiger partial charge is 0.467 e. The van der Waals surface area contributed by atoms with Gasteiger partial charge in [-0.05, 0) is 37.3 Å². The maximum Gasteiger partial charge on any atom is 0.338 e. The van der Waals surface area contributed by atoms with Crippen LogP contribution < -0.4 is 16.4 Å². The first-order valence-electron chi connectivity index (χ1n) is 8.08. The van der Waals surface area contributed by atoms with Crippen molar-refractivity contribution in [1.29, 1.82) is 0 Å². The molecule has 0 amide bonds. The number of hydrogen-bond acceptors (Lipinski definition) is 8. The van der Waals surface area contributed by atoms with E-state index in [2.05, 4.69) is 20.6 Å². The molecule has 134 valence electrons. The molecule has 8 heteroatoms. The smallest absolute Gasteiger partial charge is 0.338 e. The molecule has 0 saturated heterocycles. The zero-order valence-electron chi connectivity index (χ0n) is 14.2. The number of esters is 1. The summed E-state index contributed by atoms with van der Waals surface area (Å²) in [4.78, 5) is 20.2. The van der Waals surface area contributed by atoms with Crippen LogP contribution in [0.25, 0.3) is 0 Å². The molecule has 2 aromatic heterocycles. The van der Waals surface area contributed by atoms with Crippen molar-refractivity contribution in [3.05, 3.63) is 60.3 Å². The lowest BCUT2D eigenvalue weighted by Gasteiger charge is -2.12. The molecule has 0 bridgehead atoms. The van der Waals surface area contributed by atoms with Crippen LogP contribution in [0.5, 0.6) is 0 Å². The Kier molecular flexibility index (Phi) is 5.33. The fraction of sp³-hybridized carbons (Fsp3) is 0.167. The van der Waals surface area contributed by atoms with Crippen molar-refractivity contribution in [2.75, 3.05) is 23.0 Å². The predicted molar refractivity (Wildman–Crippen MR) is 98.2 cm³/mol. The number of nitrogens with two attached hydrogens (primary N) is 1. The van der Waals surface area contributed by atoms with Crippen molar-refractivity contribution in [2.24, 2.45) is 0 Å². The number of nitrogens with one attached hydrogen (secondary N) is 2. The molecule has 0 aliphatic carbocycles. The van der Waals surface area contributed by atoms with Gasteiger partial charge in [0.2, 0.25) is 0 Å². The number of ether oxygens (including phenoxy) is 1. The van der Waals surface area contributed by atoms with Gasteiger partial charge in [0.05, 0.1) is 25.0 Å². The van der Waals surface area contributed by atoms with Gasteiger partial charge in [0, 0.05) is 5.69 Å². The molecule has 2 heterocycles. The van der Waals surface area contributed by atoms with E-state index in [4.69, 9.17) is 14.9 Å². The highest BCUT2D eigenvalue weighted by molar-refractivity contribution is 5.91. The Labute approximate surface area is 150 Å². The second kappa shape index (κ2) is 8.02. The second-order valence-corrected chi connectivity index (χ2v) is 5.34. The minimum atomic E-state index is -0.382. The molecule has 0 saturated carbocycles. The molecule has 0 spiro atoms. The Morgan fingerprint density at radius 3 is 2.85 bits per heavy atom. The first-order chi connectivity index (χ1) is 12.7. The molecule has 1 aromatic carbocycles. The third kappa shape index (κ3) is 4.10. The first kappa shape index (κ1) is 17.3. The van der Waals surface area contributed by atoms with E-state index in [9.17, 15) is 4.79 Å². The number of hydrogen-bond donors (Lipinski definition) is 3. The van der Waals surface area contributed by atoms with E-state index in [-0.39, 0.29) is 5.97 Å². The van der Waals surface area contributed by atoms with Gasteiger partial charge in [-0.25, -0.2) is 14.8 Å². The minimum Gasteiger partial charge on any atom is -0.467 e. The second-order valence-electron chi connectivity index (χ2n) is 5.34. The van der Waals surface area contributed by atoms with Gasteiger partial charge >= 0.3 is 5.97 Å². The van der Waals surface area contributed by atoms with Crippen LogP contribution in [-0.2, 0) is 11.3 Å². The van der Waals surface area contributed by atoms with Crippen LogP contribution in [0.2, 0.25) is 0 Å². The molecular formula is C18H19N5O3. The molecule has 4 N–H and O–H groups in total. The summed E-state index contributed by atoms with van der Waals surface area (Å²) < 4.78 is 10.3. The summed E-state index contributed by atoms with van der Waals surface area (Å²) in [6.07, 6.45) is 3.00. The van der Waals surface area contributed by atoms with Crippen LogP contribution >= 0.6 is 0 Å². The van der Waals surface area contributed by atoms with Gasteiger partial charge in [0.15, 0.2) is 11.6 Å². The van der Waals surface area contributed by atoms with Crippen molar-refractivity contribution < 1.29 is 13.9 Å². The summed E-state index contributed by atoms with van der Waals surface area (Å²) >= 11 is 0. The highest BCUT2D eigenvalue weighted by atomic mass is 16.5. The Morgan fingerprint density at radius 2 is 2.08 bits per heavy atom. The molecule has 0 unspecified atom stereocenters. The average molecular weight is 353 g/mol. The van der Waals surface area contributed by atoms with Crippen LogP contribution in [-0.4, -0.2) is 22.5 Å². The number of carbonyl (C=O) groups excluding carboxylic acids is 1. The van der Waals surface area contributed by atoms with E-state index >= 15 is 0 Å². The number of furan rings is 1. The van der Waals surface area contributed by atoms with Crippen molar-refractivity contribution >= 4 is 29.0 Å². The first-order valence-corrected chi connectivity index (χ1v) is 8.08. The molecule has 0 atom stereocenters. The van der Waals surface area contributed by atoms with Gasteiger partial charge < -0.3 is 25.5 Å². The Balaban J connectivity index is 1.74. The van der Waals surface area contributed by atoms with E-state index in [1.165, 1.54) is 6.33 Å². The Hall–Kier alpha value is -3.55. The predicted octanol–water partition coefficient (Wildman–Crippen LogP) is 3.18. The van der Waals surface area contributed by atoms with Crippen molar-refractivity contribution in [2.45, 2.75) is 13.5 Å². The number of carbonyl (C=O) groups is 1. The third-order valence-corrected chi connectivity index (χ3v) is 3.53. The molecule has 0 aliphatic rings. The van der Waals surface area contributed by atoms with Crippen LogP contribution in [0.15, 0.2) is 53.4 Å². The van der Waals surface area contributed by atoms with E-state index in [1.54, 1.807) is 37.5 Å². The summed E-state index contributed by atoms with van der Waals surface area (Å²) in [6, 6.07) is 10.6. The number of nitrogen functional groups attached to an aromatic ring is 1. The lowest BCUT2D eigenvalue weighted by Crippen LogP contribution is -2.08. The summed E-state index contributed by atoms with van der Waals surface area (Å²) in [5.74, 6) is 1.30. The molecule has 3 rings (SSSR count). The fourth-order valence-electron chi connectivity index (χ4n) is 2.30. The van der Waals surface area contributed by atoms with E-state index < -0.39 is 0 Å². The monoisotopic (exact) mass is 353 g/mol. The summed E-state index contributed by atoms with van der Waals surface area (Å²) in [5, 5.41) is 6.20.